The third-order valence-electron chi connectivity index (χ3n) is 4.63. The fourth-order valence-corrected chi connectivity index (χ4v) is 4.19. The van der Waals surface area contributed by atoms with Crippen LogP contribution in [-0.2, 0) is 19.4 Å². The van der Waals surface area contributed by atoms with Crippen LogP contribution in [0, 0.1) is 0 Å². The van der Waals surface area contributed by atoms with Crippen molar-refractivity contribution in [3.63, 3.8) is 0 Å². The molecule has 1 aliphatic carbocycles. The van der Waals surface area contributed by atoms with Crippen LogP contribution in [0.5, 0.6) is 0 Å². The highest BCUT2D eigenvalue weighted by atomic mass is 32.2. The Labute approximate surface area is 126 Å². The SMILES string of the molecule is CCS(=O)(=O)CCCN1C(=O)C(C)NC(=O)C12CCCC2. The Morgan fingerprint density at radius 1 is 1.29 bits per heavy atom. The van der Waals surface area contributed by atoms with Crippen molar-refractivity contribution in [1.82, 2.24) is 10.2 Å². The molecule has 0 aromatic rings. The standard InChI is InChI=1S/C14H24N2O4S/c1-3-21(19,20)10-6-9-16-12(17)11(2)15-13(18)14(16)7-4-5-8-14/h11H,3-10H2,1-2H3,(H,15,18). The molecule has 1 unspecified atom stereocenters. The second-order valence-electron chi connectivity index (χ2n) is 6.01. The predicted molar refractivity (Wildman–Crippen MR) is 79.5 cm³/mol. The van der Waals surface area contributed by atoms with Gasteiger partial charge in [-0.25, -0.2) is 8.42 Å². The maximum atomic E-state index is 12.4. The number of piperazine rings is 1. The van der Waals surface area contributed by atoms with Gasteiger partial charge in [0, 0.05) is 12.3 Å². The zero-order valence-electron chi connectivity index (χ0n) is 12.7. The van der Waals surface area contributed by atoms with E-state index in [2.05, 4.69) is 5.32 Å². The molecule has 1 saturated heterocycles. The van der Waals surface area contributed by atoms with E-state index in [4.69, 9.17) is 0 Å². The van der Waals surface area contributed by atoms with E-state index in [0.29, 0.717) is 25.8 Å². The molecule has 1 atom stereocenters. The van der Waals surface area contributed by atoms with Gasteiger partial charge < -0.3 is 10.2 Å². The summed E-state index contributed by atoms with van der Waals surface area (Å²) in [6.07, 6.45) is 3.61. The smallest absolute Gasteiger partial charge is 0.246 e. The molecule has 21 heavy (non-hydrogen) atoms. The molecule has 1 saturated carbocycles. The summed E-state index contributed by atoms with van der Waals surface area (Å²) in [5.74, 6) is 0.0124. The van der Waals surface area contributed by atoms with Gasteiger partial charge in [0.25, 0.3) is 0 Å². The second-order valence-corrected chi connectivity index (χ2v) is 8.49. The maximum Gasteiger partial charge on any atom is 0.246 e. The summed E-state index contributed by atoms with van der Waals surface area (Å²) in [7, 11) is -3.04. The van der Waals surface area contributed by atoms with Gasteiger partial charge in [-0.1, -0.05) is 19.8 Å². The Kier molecular flexibility index (Phi) is 4.60. The van der Waals surface area contributed by atoms with Crippen molar-refractivity contribution in [2.75, 3.05) is 18.1 Å². The Hall–Kier alpha value is -1.11. The van der Waals surface area contributed by atoms with Crippen molar-refractivity contribution >= 4 is 21.7 Å². The van der Waals surface area contributed by atoms with Crippen LogP contribution in [0.1, 0.15) is 46.0 Å². The summed E-state index contributed by atoms with van der Waals surface area (Å²) < 4.78 is 23.2. The molecule has 0 aromatic heterocycles. The van der Waals surface area contributed by atoms with Crippen molar-refractivity contribution < 1.29 is 18.0 Å². The molecule has 7 heteroatoms. The molecule has 1 aliphatic heterocycles. The minimum Gasteiger partial charge on any atom is -0.343 e. The summed E-state index contributed by atoms with van der Waals surface area (Å²) in [5, 5.41) is 2.76. The van der Waals surface area contributed by atoms with Crippen molar-refractivity contribution in [3.8, 4) is 0 Å². The zero-order chi connectivity index (χ0) is 15.7. The van der Waals surface area contributed by atoms with Gasteiger partial charge in [-0.15, -0.1) is 0 Å². The summed E-state index contributed by atoms with van der Waals surface area (Å²) >= 11 is 0. The molecule has 0 radical (unpaired) electrons. The molecule has 1 heterocycles. The summed E-state index contributed by atoms with van der Waals surface area (Å²) in [6, 6.07) is -0.522. The van der Waals surface area contributed by atoms with E-state index in [1.54, 1.807) is 18.7 Å². The topological polar surface area (TPSA) is 83.6 Å². The number of carbonyl (C=O) groups is 2. The highest BCUT2D eigenvalue weighted by Gasteiger charge is 2.52. The first kappa shape index (κ1) is 16.3. The number of hydrogen-bond acceptors (Lipinski definition) is 4. The second kappa shape index (κ2) is 5.94. The van der Waals surface area contributed by atoms with Gasteiger partial charge in [-0.3, -0.25) is 9.59 Å². The molecular weight excluding hydrogens is 292 g/mol. The van der Waals surface area contributed by atoms with Gasteiger partial charge in [0.05, 0.1) is 5.75 Å². The molecule has 2 fully saturated rings. The van der Waals surface area contributed by atoms with E-state index in [0.717, 1.165) is 12.8 Å². The van der Waals surface area contributed by atoms with Crippen LogP contribution >= 0.6 is 0 Å². The number of amides is 2. The van der Waals surface area contributed by atoms with Crippen LogP contribution in [0.25, 0.3) is 0 Å². The first-order valence-electron chi connectivity index (χ1n) is 7.65. The Bertz CT molecular complexity index is 523. The van der Waals surface area contributed by atoms with Crippen molar-refractivity contribution in [3.05, 3.63) is 0 Å². The first-order chi connectivity index (χ1) is 9.82. The fraction of sp³-hybridized carbons (Fsp3) is 0.857. The molecule has 2 rings (SSSR count). The molecule has 6 nitrogen and oxygen atoms in total. The number of carbonyl (C=O) groups excluding carboxylic acids is 2. The Morgan fingerprint density at radius 2 is 1.90 bits per heavy atom. The van der Waals surface area contributed by atoms with Gasteiger partial charge in [0.1, 0.15) is 21.4 Å². The molecular formula is C14H24N2O4S. The van der Waals surface area contributed by atoms with Gasteiger partial charge in [0.2, 0.25) is 11.8 Å². The van der Waals surface area contributed by atoms with Gasteiger partial charge in [-0.05, 0) is 26.2 Å². The molecule has 2 amide bonds. The van der Waals surface area contributed by atoms with E-state index in [9.17, 15) is 18.0 Å². The third kappa shape index (κ3) is 3.07. The maximum absolute atomic E-state index is 12.4. The van der Waals surface area contributed by atoms with Crippen LogP contribution in [0.2, 0.25) is 0 Å². The zero-order valence-corrected chi connectivity index (χ0v) is 13.5. The first-order valence-corrected chi connectivity index (χ1v) is 9.47. The van der Waals surface area contributed by atoms with E-state index >= 15 is 0 Å². The van der Waals surface area contributed by atoms with Crippen molar-refractivity contribution in [1.29, 1.82) is 0 Å². The van der Waals surface area contributed by atoms with Crippen molar-refractivity contribution in [2.24, 2.45) is 0 Å². The lowest BCUT2D eigenvalue weighted by molar-refractivity contribution is -0.156. The van der Waals surface area contributed by atoms with Gasteiger partial charge >= 0.3 is 0 Å². The number of hydrogen-bond donors (Lipinski definition) is 1. The fourth-order valence-electron chi connectivity index (χ4n) is 3.33. The van der Waals surface area contributed by atoms with E-state index in [-0.39, 0.29) is 23.3 Å². The monoisotopic (exact) mass is 316 g/mol. The predicted octanol–water partition coefficient (Wildman–Crippen LogP) is 0.471. The lowest BCUT2D eigenvalue weighted by Gasteiger charge is -2.45. The van der Waals surface area contributed by atoms with E-state index in [1.165, 1.54) is 0 Å². The van der Waals surface area contributed by atoms with Crippen LogP contribution in [0.3, 0.4) is 0 Å². The molecule has 1 spiro atoms. The Morgan fingerprint density at radius 3 is 2.48 bits per heavy atom. The highest BCUT2D eigenvalue weighted by Crippen LogP contribution is 2.38. The van der Waals surface area contributed by atoms with Crippen LogP contribution in [-0.4, -0.2) is 54.8 Å². The molecule has 2 aliphatic rings. The largest absolute Gasteiger partial charge is 0.343 e. The molecule has 120 valence electrons. The quantitative estimate of drug-likeness (QED) is 0.799. The summed E-state index contributed by atoms with van der Waals surface area (Å²) in [5.41, 5.74) is -0.737. The third-order valence-corrected chi connectivity index (χ3v) is 6.42. The summed E-state index contributed by atoms with van der Waals surface area (Å²) in [6.45, 7) is 3.64. The average Bonchev–Trinajstić information content (AvgIpc) is 2.91. The minimum atomic E-state index is -3.04. The number of rotatable bonds is 5. The Balaban J connectivity index is 2.12. The van der Waals surface area contributed by atoms with Crippen molar-refractivity contribution in [2.45, 2.75) is 57.5 Å². The van der Waals surface area contributed by atoms with Crippen LogP contribution in [0.4, 0.5) is 0 Å². The van der Waals surface area contributed by atoms with Gasteiger partial charge in [-0.2, -0.15) is 0 Å². The van der Waals surface area contributed by atoms with E-state index in [1.807, 2.05) is 0 Å². The average molecular weight is 316 g/mol. The molecule has 1 N–H and O–H groups in total. The number of nitrogens with one attached hydrogen (secondary N) is 1. The van der Waals surface area contributed by atoms with E-state index < -0.39 is 21.4 Å². The van der Waals surface area contributed by atoms with Crippen LogP contribution in [0.15, 0.2) is 0 Å². The lowest BCUT2D eigenvalue weighted by Crippen LogP contribution is -2.69. The molecule has 0 bridgehead atoms. The summed E-state index contributed by atoms with van der Waals surface area (Å²) in [4.78, 5) is 26.4. The van der Waals surface area contributed by atoms with Crippen LogP contribution < -0.4 is 5.32 Å². The highest BCUT2D eigenvalue weighted by molar-refractivity contribution is 7.91. The lowest BCUT2D eigenvalue weighted by atomic mass is 9.89. The minimum absolute atomic E-state index is 0.0688. The number of nitrogens with zero attached hydrogens (tertiary/aromatic N) is 1. The molecule has 0 aromatic carbocycles. The number of sulfone groups is 1. The van der Waals surface area contributed by atoms with Gasteiger partial charge in [0.15, 0.2) is 0 Å². The normalized spacial score (nSPS) is 25.4.